The van der Waals surface area contributed by atoms with Gasteiger partial charge in [0, 0.05) is 18.0 Å². The van der Waals surface area contributed by atoms with Crippen LogP contribution in [0.3, 0.4) is 0 Å². The number of para-hydroxylation sites is 1. The van der Waals surface area contributed by atoms with Gasteiger partial charge in [0.05, 0.1) is 5.52 Å². The van der Waals surface area contributed by atoms with Crippen LogP contribution in [0, 0.1) is 5.41 Å². The Labute approximate surface area is 127 Å². The molecule has 2 aromatic rings. The van der Waals surface area contributed by atoms with Crippen molar-refractivity contribution in [1.29, 1.82) is 0 Å². The number of hydrogen-bond acceptors (Lipinski definition) is 4. The molecular formula is C17H26N4. The Morgan fingerprint density at radius 3 is 2.52 bits per heavy atom. The highest BCUT2D eigenvalue weighted by Gasteiger charge is 2.21. The first-order valence-electron chi connectivity index (χ1n) is 7.69. The van der Waals surface area contributed by atoms with Gasteiger partial charge in [0.1, 0.15) is 5.82 Å². The van der Waals surface area contributed by atoms with Gasteiger partial charge in [-0.25, -0.2) is 4.98 Å². The summed E-state index contributed by atoms with van der Waals surface area (Å²) in [4.78, 5) is 9.24. The standard InChI is InChI=1S/C17H26N4/c1-6-11-18-16-20-14-10-8-7-9-13(14)15(21-16)19-12(2)17(3,4)5/h7-10,12H,6,11H2,1-5H3,(H2,18,19,20,21). The number of aromatic nitrogens is 2. The minimum absolute atomic E-state index is 0.170. The molecule has 4 nitrogen and oxygen atoms in total. The van der Waals surface area contributed by atoms with Crippen LogP contribution in [0.1, 0.15) is 41.0 Å². The fourth-order valence-corrected chi connectivity index (χ4v) is 1.92. The quantitative estimate of drug-likeness (QED) is 0.860. The Morgan fingerprint density at radius 2 is 1.86 bits per heavy atom. The third-order valence-electron chi connectivity index (χ3n) is 3.79. The number of rotatable bonds is 5. The molecular weight excluding hydrogens is 260 g/mol. The van der Waals surface area contributed by atoms with Gasteiger partial charge in [0.15, 0.2) is 0 Å². The van der Waals surface area contributed by atoms with Crippen molar-refractivity contribution < 1.29 is 0 Å². The molecule has 114 valence electrons. The summed E-state index contributed by atoms with van der Waals surface area (Å²) in [6.45, 7) is 11.9. The molecule has 0 bridgehead atoms. The van der Waals surface area contributed by atoms with Gasteiger partial charge in [-0.3, -0.25) is 0 Å². The highest BCUT2D eigenvalue weighted by atomic mass is 15.1. The van der Waals surface area contributed by atoms with E-state index in [1.165, 1.54) is 0 Å². The summed E-state index contributed by atoms with van der Waals surface area (Å²) >= 11 is 0. The van der Waals surface area contributed by atoms with E-state index in [9.17, 15) is 0 Å². The summed E-state index contributed by atoms with van der Waals surface area (Å²) in [7, 11) is 0. The van der Waals surface area contributed by atoms with E-state index in [1.807, 2.05) is 18.2 Å². The second-order valence-electron chi connectivity index (χ2n) is 6.57. The lowest BCUT2D eigenvalue weighted by atomic mass is 9.88. The lowest BCUT2D eigenvalue weighted by molar-refractivity contribution is 0.359. The fraction of sp³-hybridized carbons (Fsp3) is 0.529. The van der Waals surface area contributed by atoms with Gasteiger partial charge in [0.2, 0.25) is 5.95 Å². The normalized spacial score (nSPS) is 13.2. The van der Waals surface area contributed by atoms with Crippen molar-refractivity contribution in [2.75, 3.05) is 17.2 Å². The van der Waals surface area contributed by atoms with Crippen molar-refractivity contribution in [2.45, 2.75) is 47.1 Å². The molecule has 2 N–H and O–H groups in total. The third kappa shape index (κ3) is 3.84. The van der Waals surface area contributed by atoms with E-state index >= 15 is 0 Å². The summed E-state index contributed by atoms with van der Waals surface area (Å²) in [5, 5.41) is 7.89. The van der Waals surface area contributed by atoms with Crippen LogP contribution in [0.15, 0.2) is 24.3 Å². The number of nitrogens with one attached hydrogen (secondary N) is 2. The molecule has 0 fully saturated rings. The number of nitrogens with zero attached hydrogens (tertiary/aromatic N) is 2. The van der Waals surface area contributed by atoms with E-state index < -0.39 is 0 Å². The van der Waals surface area contributed by atoms with E-state index in [-0.39, 0.29) is 5.41 Å². The van der Waals surface area contributed by atoms with Gasteiger partial charge in [0.25, 0.3) is 0 Å². The Morgan fingerprint density at radius 1 is 1.14 bits per heavy atom. The highest BCUT2D eigenvalue weighted by molar-refractivity contribution is 5.90. The zero-order valence-electron chi connectivity index (χ0n) is 13.7. The van der Waals surface area contributed by atoms with Gasteiger partial charge >= 0.3 is 0 Å². The SMILES string of the molecule is CCCNc1nc(NC(C)C(C)(C)C)c2ccccc2n1. The van der Waals surface area contributed by atoms with Gasteiger partial charge in [-0.1, -0.05) is 39.8 Å². The molecule has 2 rings (SSSR count). The predicted molar refractivity (Wildman–Crippen MR) is 90.9 cm³/mol. The van der Waals surface area contributed by atoms with Gasteiger partial charge in [-0.05, 0) is 30.9 Å². The Balaban J connectivity index is 2.39. The fourth-order valence-electron chi connectivity index (χ4n) is 1.92. The summed E-state index contributed by atoms with van der Waals surface area (Å²) in [6.07, 6.45) is 1.05. The zero-order valence-corrected chi connectivity index (χ0v) is 13.7. The molecule has 0 spiro atoms. The molecule has 0 aliphatic rings. The van der Waals surface area contributed by atoms with E-state index in [4.69, 9.17) is 0 Å². The van der Waals surface area contributed by atoms with Gasteiger partial charge in [-0.2, -0.15) is 4.98 Å². The summed E-state index contributed by atoms with van der Waals surface area (Å²) in [5.41, 5.74) is 1.14. The molecule has 4 heteroatoms. The summed E-state index contributed by atoms with van der Waals surface area (Å²) in [6, 6.07) is 8.45. The maximum absolute atomic E-state index is 4.66. The first kappa shape index (κ1) is 15.5. The van der Waals surface area contributed by atoms with Crippen molar-refractivity contribution in [3.8, 4) is 0 Å². The molecule has 0 radical (unpaired) electrons. The maximum atomic E-state index is 4.66. The first-order chi connectivity index (χ1) is 9.91. The Bertz CT molecular complexity index is 601. The average Bonchev–Trinajstić information content (AvgIpc) is 2.44. The molecule has 1 heterocycles. The van der Waals surface area contributed by atoms with E-state index in [0.717, 1.165) is 29.7 Å². The van der Waals surface area contributed by atoms with Gasteiger partial charge < -0.3 is 10.6 Å². The molecule has 0 aliphatic carbocycles. The summed E-state index contributed by atoms with van der Waals surface area (Å²) < 4.78 is 0. The number of benzene rings is 1. The molecule has 0 aliphatic heterocycles. The smallest absolute Gasteiger partial charge is 0.225 e. The van der Waals surface area contributed by atoms with Crippen LogP contribution < -0.4 is 10.6 Å². The zero-order chi connectivity index (χ0) is 15.5. The monoisotopic (exact) mass is 286 g/mol. The van der Waals surface area contributed by atoms with Crippen molar-refractivity contribution in [2.24, 2.45) is 5.41 Å². The Kier molecular flexibility index (Phi) is 4.66. The van der Waals surface area contributed by atoms with E-state index in [0.29, 0.717) is 12.0 Å². The molecule has 0 saturated carbocycles. The predicted octanol–water partition coefficient (Wildman–Crippen LogP) is 4.30. The number of anilines is 2. The first-order valence-corrected chi connectivity index (χ1v) is 7.69. The molecule has 1 aromatic carbocycles. The topological polar surface area (TPSA) is 49.8 Å². The Hall–Kier alpha value is -1.84. The van der Waals surface area contributed by atoms with Crippen LogP contribution in [0.2, 0.25) is 0 Å². The van der Waals surface area contributed by atoms with Gasteiger partial charge in [-0.15, -0.1) is 0 Å². The largest absolute Gasteiger partial charge is 0.366 e. The average molecular weight is 286 g/mol. The van der Waals surface area contributed by atoms with Crippen LogP contribution in [0.25, 0.3) is 10.9 Å². The van der Waals surface area contributed by atoms with Crippen LogP contribution in [0.4, 0.5) is 11.8 Å². The maximum Gasteiger partial charge on any atom is 0.225 e. The summed E-state index contributed by atoms with van der Waals surface area (Å²) in [5.74, 6) is 1.60. The van der Waals surface area contributed by atoms with E-state index in [1.54, 1.807) is 0 Å². The second kappa shape index (κ2) is 6.29. The molecule has 1 atom stereocenters. The minimum atomic E-state index is 0.170. The molecule has 0 amide bonds. The van der Waals surface area contributed by atoms with Crippen molar-refractivity contribution in [3.63, 3.8) is 0 Å². The lowest BCUT2D eigenvalue weighted by Gasteiger charge is -2.29. The molecule has 21 heavy (non-hydrogen) atoms. The van der Waals surface area contributed by atoms with E-state index in [2.05, 4.69) is 61.3 Å². The second-order valence-corrected chi connectivity index (χ2v) is 6.57. The highest BCUT2D eigenvalue weighted by Crippen LogP contribution is 2.27. The third-order valence-corrected chi connectivity index (χ3v) is 3.79. The number of fused-ring (bicyclic) bond motifs is 1. The molecule has 1 unspecified atom stereocenters. The molecule has 0 saturated heterocycles. The van der Waals surface area contributed by atoms with Crippen molar-refractivity contribution in [1.82, 2.24) is 9.97 Å². The minimum Gasteiger partial charge on any atom is -0.366 e. The van der Waals surface area contributed by atoms with Crippen LogP contribution in [0.5, 0.6) is 0 Å². The van der Waals surface area contributed by atoms with Crippen molar-refractivity contribution in [3.05, 3.63) is 24.3 Å². The van der Waals surface area contributed by atoms with Crippen molar-refractivity contribution >= 4 is 22.7 Å². The van der Waals surface area contributed by atoms with Crippen LogP contribution in [-0.4, -0.2) is 22.6 Å². The van der Waals surface area contributed by atoms with Crippen LogP contribution in [-0.2, 0) is 0 Å². The molecule has 1 aromatic heterocycles. The lowest BCUT2D eigenvalue weighted by Crippen LogP contribution is -2.31. The number of hydrogen-bond donors (Lipinski definition) is 2. The van der Waals surface area contributed by atoms with Crippen LogP contribution >= 0.6 is 0 Å².